The molecule has 184 valence electrons. The molecule has 1 atom stereocenters. The summed E-state index contributed by atoms with van der Waals surface area (Å²) in [5, 5.41) is 14.8. The summed E-state index contributed by atoms with van der Waals surface area (Å²) in [5.74, 6) is -0.376. The monoisotopic (exact) mass is 492 g/mol. The van der Waals surface area contributed by atoms with E-state index in [1.807, 2.05) is 6.26 Å². The Morgan fingerprint density at radius 2 is 1.71 bits per heavy atom. The van der Waals surface area contributed by atoms with Gasteiger partial charge in [-0.3, -0.25) is 10.1 Å². The molecule has 2 aliphatic rings. The van der Waals surface area contributed by atoms with Crippen LogP contribution in [-0.4, -0.2) is 42.0 Å². The number of allylic oxidation sites excluding steroid dienone is 2. The van der Waals surface area contributed by atoms with Gasteiger partial charge in [-0.05, 0) is 45.8 Å². The van der Waals surface area contributed by atoms with Crippen molar-refractivity contribution in [1.29, 1.82) is 0 Å². The summed E-state index contributed by atoms with van der Waals surface area (Å²) >= 11 is 1.50. The summed E-state index contributed by atoms with van der Waals surface area (Å²) in [7, 11) is 0. The first-order valence-corrected chi connectivity index (χ1v) is 12.3. The maximum atomic E-state index is 12.6. The van der Waals surface area contributed by atoms with Crippen LogP contribution in [0, 0.1) is 10.1 Å². The second-order valence-electron chi connectivity index (χ2n) is 7.92. The summed E-state index contributed by atoms with van der Waals surface area (Å²) in [5.41, 5.74) is 0.853. The number of rotatable bonds is 8. The van der Waals surface area contributed by atoms with Crippen LogP contribution in [-0.2, 0) is 18.9 Å². The molecule has 3 rings (SSSR count). The maximum absolute atomic E-state index is 12.6. The Bertz CT molecular complexity index is 1000. The second kappa shape index (κ2) is 11.8. The number of dihydropyridines is 1. The van der Waals surface area contributed by atoms with Crippen molar-refractivity contribution in [2.24, 2.45) is 0 Å². The molecule has 0 spiro atoms. The Labute approximate surface area is 201 Å². The lowest BCUT2D eigenvalue weighted by molar-refractivity contribution is -0.385. The number of para-hydroxylation sites is 1. The van der Waals surface area contributed by atoms with Crippen molar-refractivity contribution in [1.82, 2.24) is 5.32 Å². The first kappa shape index (κ1) is 25.4. The standard InChI is InChI=1S/C23H28N2O8S/c1-14-20(32-22(26)30-12-13-34-3)19(17-10-6-7-11-18(17)25(28)29)21(15(2)24-14)33-23(27)31-16-8-4-5-9-16/h6-7,10-11,16,19,24H,4-5,8-9,12-13H2,1-3H3. The number of hydrogen-bond donors (Lipinski definition) is 1. The number of hydrogen-bond acceptors (Lipinski definition) is 10. The fraction of sp³-hybridized carbons (Fsp3) is 0.478. The number of nitrogens with one attached hydrogen (secondary N) is 1. The molecule has 0 aromatic heterocycles. The van der Waals surface area contributed by atoms with E-state index in [9.17, 15) is 19.7 Å². The fourth-order valence-electron chi connectivity index (χ4n) is 3.99. The van der Waals surface area contributed by atoms with Crippen molar-refractivity contribution in [3.05, 3.63) is 62.9 Å². The molecule has 0 saturated heterocycles. The highest BCUT2D eigenvalue weighted by molar-refractivity contribution is 7.98. The molecular weight excluding hydrogens is 464 g/mol. The molecule has 1 heterocycles. The van der Waals surface area contributed by atoms with Crippen molar-refractivity contribution in [3.8, 4) is 0 Å². The third-order valence-electron chi connectivity index (χ3n) is 5.54. The maximum Gasteiger partial charge on any atom is 0.513 e. The smallest absolute Gasteiger partial charge is 0.433 e. The van der Waals surface area contributed by atoms with E-state index in [1.165, 1.54) is 30.0 Å². The van der Waals surface area contributed by atoms with Crippen LogP contribution in [0.1, 0.15) is 51.0 Å². The zero-order valence-corrected chi connectivity index (χ0v) is 20.1. The second-order valence-corrected chi connectivity index (χ2v) is 8.91. The zero-order chi connectivity index (χ0) is 24.7. The summed E-state index contributed by atoms with van der Waals surface area (Å²) in [6, 6.07) is 6.02. The number of carbonyl (C=O) groups is 2. The Balaban J connectivity index is 1.96. The number of nitro benzene ring substituents is 1. The predicted molar refractivity (Wildman–Crippen MR) is 125 cm³/mol. The number of thioether (sulfide) groups is 1. The zero-order valence-electron chi connectivity index (χ0n) is 19.3. The number of ether oxygens (including phenoxy) is 4. The Morgan fingerprint density at radius 3 is 2.32 bits per heavy atom. The molecule has 11 heteroatoms. The summed E-state index contributed by atoms with van der Waals surface area (Å²) < 4.78 is 21.6. The van der Waals surface area contributed by atoms with E-state index in [0.717, 1.165) is 25.7 Å². The van der Waals surface area contributed by atoms with Gasteiger partial charge in [-0.1, -0.05) is 18.2 Å². The highest BCUT2D eigenvalue weighted by Crippen LogP contribution is 2.43. The van der Waals surface area contributed by atoms with E-state index in [4.69, 9.17) is 18.9 Å². The van der Waals surface area contributed by atoms with Crippen molar-refractivity contribution in [2.45, 2.75) is 51.6 Å². The Kier molecular flexibility index (Phi) is 8.80. The molecule has 1 fully saturated rings. The molecule has 0 bridgehead atoms. The summed E-state index contributed by atoms with van der Waals surface area (Å²) in [6.45, 7) is 3.46. The van der Waals surface area contributed by atoms with Gasteiger partial charge in [0.1, 0.15) is 30.1 Å². The van der Waals surface area contributed by atoms with Gasteiger partial charge in [-0.15, -0.1) is 0 Å². The number of carbonyl (C=O) groups excluding carboxylic acids is 2. The molecule has 1 aliphatic heterocycles. The van der Waals surface area contributed by atoms with Gasteiger partial charge < -0.3 is 24.3 Å². The molecule has 1 saturated carbocycles. The molecule has 1 N–H and O–H groups in total. The normalized spacial score (nSPS) is 18.4. The molecule has 0 radical (unpaired) electrons. The van der Waals surface area contributed by atoms with E-state index in [1.54, 1.807) is 19.9 Å². The van der Waals surface area contributed by atoms with Gasteiger partial charge in [0.15, 0.2) is 0 Å². The fourth-order valence-corrected chi connectivity index (χ4v) is 4.24. The first-order valence-electron chi connectivity index (χ1n) is 11.0. The Hall–Kier alpha value is -3.21. The first-order chi connectivity index (χ1) is 16.3. The van der Waals surface area contributed by atoms with Gasteiger partial charge in [0.25, 0.3) is 5.69 Å². The average molecular weight is 493 g/mol. The highest BCUT2D eigenvalue weighted by Gasteiger charge is 2.39. The third kappa shape index (κ3) is 6.22. The largest absolute Gasteiger partial charge is 0.513 e. The minimum atomic E-state index is -1.05. The molecule has 1 aliphatic carbocycles. The van der Waals surface area contributed by atoms with Crippen molar-refractivity contribution >= 4 is 29.8 Å². The van der Waals surface area contributed by atoms with Crippen LogP contribution in [0.2, 0.25) is 0 Å². The minimum Gasteiger partial charge on any atom is -0.433 e. The SMILES string of the molecule is CSCCOC(=O)OC1=C(C)NC(C)=C(OC(=O)OC2CCCC2)C1c1ccccc1[N+](=O)[O-]. The van der Waals surface area contributed by atoms with Gasteiger partial charge in [0.05, 0.1) is 16.3 Å². The van der Waals surface area contributed by atoms with Crippen molar-refractivity contribution < 1.29 is 33.5 Å². The lowest BCUT2D eigenvalue weighted by Crippen LogP contribution is -2.30. The highest BCUT2D eigenvalue weighted by atomic mass is 32.2. The third-order valence-corrected chi connectivity index (χ3v) is 6.12. The molecule has 10 nitrogen and oxygen atoms in total. The summed E-state index contributed by atoms with van der Waals surface area (Å²) in [4.78, 5) is 36.2. The van der Waals surface area contributed by atoms with Crippen molar-refractivity contribution in [3.63, 3.8) is 0 Å². The van der Waals surface area contributed by atoms with Gasteiger partial charge in [-0.2, -0.15) is 11.8 Å². The van der Waals surface area contributed by atoms with Crippen LogP contribution in [0.4, 0.5) is 15.3 Å². The van der Waals surface area contributed by atoms with Gasteiger partial charge >= 0.3 is 12.3 Å². The van der Waals surface area contributed by atoms with Crippen LogP contribution in [0.5, 0.6) is 0 Å². The van der Waals surface area contributed by atoms with Crippen LogP contribution in [0.25, 0.3) is 0 Å². The van der Waals surface area contributed by atoms with E-state index < -0.39 is 23.2 Å². The molecule has 1 unspecified atom stereocenters. The number of nitrogens with zero attached hydrogens (tertiary/aromatic N) is 1. The van der Waals surface area contributed by atoms with E-state index in [0.29, 0.717) is 17.1 Å². The van der Waals surface area contributed by atoms with E-state index in [-0.39, 0.29) is 35.5 Å². The van der Waals surface area contributed by atoms with Crippen LogP contribution in [0.15, 0.2) is 47.2 Å². The quantitative estimate of drug-likeness (QED) is 0.219. The Morgan fingerprint density at radius 1 is 1.09 bits per heavy atom. The van der Waals surface area contributed by atoms with Gasteiger partial charge in [0, 0.05) is 17.4 Å². The van der Waals surface area contributed by atoms with E-state index >= 15 is 0 Å². The van der Waals surface area contributed by atoms with Crippen LogP contribution >= 0.6 is 11.8 Å². The number of benzene rings is 1. The molecule has 1 aromatic carbocycles. The minimum absolute atomic E-state index is 0.0396. The lowest BCUT2D eigenvalue weighted by atomic mass is 9.89. The van der Waals surface area contributed by atoms with Crippen LogP contribution in [0.3, 0.4) is 0 Å². The molecule has 1 aromatic rings. The molecule has 34 heavy (non-hydrogen) atoms. The molecular formula is C23H28N2O8S. The number of nitro groups is 1. The lowest BCUT2D eigenvalue weighted by Gasteiger charge is -2.30. The molecule has 0 amide bonds. The predicted octanol–water partition coefficient (Wildman–Crippen LogP) is 5.36. The topological polar surface area (TPSA) is 126 Å². The van der Waals surface area contributed by atoms with E-state index in [2.05, 4.69) is 5.32 Å². The van der Waals surface area contributed by atoms with Gasteiger partial charge in [-0.25, -0.2) is 9.59 Å². The van der Waals surface area contributed by atoms with Gasteiger partial charge in [0.2, 0.25) is 0 Å². The summed E-state index contributed by atoms with van der Waals surface area (Å²) in [6.07, 6.45) is 3.24. The average Bonchev–Trinajstić information content (AvgIpc) is 3.30. The van der Waals surface area contributed by atoms with Crippen molar-refractivity contribution in [2.75, 3.05) is 18.6 Å². The van der Waals surface area contributed by atoms with Crippen LogP contribution < -0.4 is 5.32 Å².